The predicted octanol–water partition coefficient (Wildman–Crippen LogP) is 2.51. The summed E-state index contributed by atoms with van der Waals surface area (Å²) in [4.78, 5) is 10.00. The van der Waals surface area contributed by atoms with Crippen LogP contribution < -0.4 is 15.4 Å². The second-order valence-corrected chi connectivity index (χ2v) is 5.21. The third-order valence-corrected chi connectivity index (χ3v) is 3.70. The Kier molecular flexibility index (Phi) is 3.79. The van der Waals surface area contributed by atoms with Crippen molar-refractivity contribution in [2.24, 2.45) is 0 Å². The van der Waals surface area contributed by atoms with E-state index < -0.39 is 0 Å². The van der Waals surface area contributed by atoms with Crippen molar-refractivity contribution in [2.75, 3.05) is 23.7 Å². The van der Waals surface area contributed by atoms with Gasteiger partial charge in [0, 0.05) is 19.0 Å². The number of hydrogen-bond donors (Lipinski definition) is 1. The van der Waals surface area contributed by atoms with Gasteiger partial charge in [-0.25, -0.2) is 14.4 Å². The molecule has 0 saturated carbocycles. The fourth-order valence-electron chi connectivity index (χ4n) is 2.34. The van der Waals surface area contributed by atoms with E-state index in [2.05, 4.69) is 9.97 Å². The Morgan fingerprint density at radius 3 is 3.05 bits per heavy atom. The van der Waals surface area contributed by atoms with E-state index in [4.69, 9.17) is 22.1 Å². The first kappa shape index (κ1) is 13.9. The summed E-state index contributed by atoms with van der Waals surface area (Å²) in [6, 6.07) is 6.12. The van der Waals surface area contributed by atoms with Crippen LogP contribution in [0, 0.1) is 5.82 Å². The van der Waals surface area contributed by atoms with Gasteiger partial charge in [-0.1, -0.05) is 17.7 Å². The zero-order valence-corrected chi connectivity index (χ0v) is 11.9. The molecule has 0 aliphatic carbocycles. The molecule has 1 atom stereocenters. The lowest BCUT2D eigenvalue weighted by atomic mass is 10.3. The second-order valence-electron chi connectivity index (χ2n) is 4.83. The fraction of sp³-hybridized carbons (Fsp3) is 0.286. The van der Waals surface area contributed by atoms with E-state index in [1.54, 1.807) is 12.1 Å². The SMILES string of the molecule is Nc1ncnc(N2CCC(Oc3cccc(F)c3)C2)c1Cl. The highest BCUT2D eigenvalue weighted by Gasteiger charge is 2.27. The summed E-state index contributed by atoms with van der Waals surface area (Å²) >= 11 is 6.12. The first-order valence-corrected chi connectivity index (χ1v) is 6.94. The number of anilines is 2. The minimum atomic E-state index is -0.311. The van der Waals surface area contributed by atoms with Crippen LogP contribution >= 0.6 is 11.6 Å². The standard InChI is InChI=1S/C14H14ClFN4O/c15-12-13(17)18-8-19-14(12)20-5-4-11(7-20)21-10-3-1-2-9(16)6-10/h1-3,6,8,11H,4-5,7H2,(H2,17,18,19). The summed E-state index contributed by atoms with van der Waals surface area (Å²) in [7, 11) is 0. The zero-order chi connectivity index (χ0) is 14.8. The van der Waals surface area contributed by atoms with Crippen LogP contribution in [0.15, 0.2) is 30.6 Å². The van der Waals surface area contributed by atoms with Gasteiger partial charge in [0.25, 0.3) is 0 Å². The summed E-state index contributed by atoms with van der Waals surface area (Å²) in [6.45, 7) is 1.36. The van der Waals surface area contributed by atoms with E-state index in [1.165, 1.54) is 18.5 Å². The van der Waals surface area contributed by atoms with Gasteiger partial charge in [-0.15, -0.1) is 0 Å². The average molecular weight is 309 g/mol. The van der Waals surface area contributed by atoms with Crippen molar-refractivity contribution in [2.45, 2.75) is 12.5 Å². The highest BCUT2D eigenvalue weighted by Crippen LogP contribution is 2.30. The highest BCUT2D eigenvalue weighted by atomic mass is 35.5. The number of nitrogens with two attached hydrogens (primary N) is 1. The van der Waals surface area contributed by atoms with Crippen molar-refractivity contribution in [3.05, 3.63) is 41.4 Å². The van der Waals surface area contributed by atoms with Crippen molar-refractivity contribution in [3.63, 3.8) is 0 Å². The molecule has 2 aromatic rings. The Hall–Kier alpha value is -2.08. The second kappa shape index (κ2) is 5.73. The normalized spacial score (nSPS) is 18.0. The molecule has 0 radical (unpaired) electrons. The molecule has 110 valence electrons. The number of nitrogen functional groups attached to an aromatic ring is 1. The Bertz CT molecular complexity index is 655. The number of ether oxygens (including phenoxy) is 1. The van der Waals surface area contributed by atoms with Crippen molar-refractivity contribution >= 4 is 23.2 Å². The van der Waals surface area contributed by atoms with Gasteiger partial charge < -0.3 is 15.4 Å². The minimum Gasteiger partial charge on any atom is -0.488 e. The van der Waals surface area contributed by atoms with Gasteiger partial charge in [-0.2, -0.15) is 0 Å². The van der Waals surface area contributed by atoms with Crippen LogP contribution in [-0.4, -0.2) is 29.2 Å². The van der Waals surface area contributed by atoms with Gasteiger partial charge in [-0.3, -0.25) is 0 Å². The molecule has 1 aromatic carbocycles. The molecule has 3 rings (SSSR count). The van der Waals surface area contributed by atoms with Gasteiger partial charge in [0.15, 0.2) is 5.82 Å². The third kappa shape index (κ3) is 3.00. The number of hydrogen-bond acceptors (Lipinski definition) is 5. The van der Waals surface area contributed by atoms with Crippen LogP contribution in [0.25, 0.3) is 0 Å². The van der Waals surface area contributed by atoms with E-state index in [-0.39, 0.29) is 17.7 Å². The molecule has 0 amide bonds. The van der Waals surface area contributed by atoms with E-state index >= 15 is 0 Å². The van der Waals surface area contributed by atoms with Crippen molar-refractivity contribution in [1.82, 2.24) is 9.97 Å². The smallest absolute Gasteiger partial charge is 0.153 e. The van der Waals surface area contributed by atoms with E-state index in [9.17, 15) is 4.39 Å². The van der Waals surface area contributed by atoms with Crippen LogP contribution in [0.4, 0.5) is 16.0 Å². The summed E-state index contributed by atoms with van der Waals surface area (Å²) < 4.78 is 18.9. The molecule has 5 nitrogen and oxygen atoms in total. The maximum atomic E-state index is 13.1. The number of aromatic nitrogens is 2. The van der Waals surface area contributed by atoms with Crippen molar-refractivity contribution < 1.29 is 9.13 Å². The predicted molar refractivity (Wildman–Crippen MR) is 79.1 cm³/mol. The summed E-state index contributed by atoms with van der Waals surface area (Å²) in [5, 5.41) is 0.351. The fourth-order valence-corrected chi connectivity index (χ4v) is 2.56. The summed E-state index contributed by atoms with van der Waals surface area (Å²) in [6.07, 6.45) is 2.15. The van der Waals surface area contributed by atoms with Gasteiger partial charge in [-0.05, 0) is 12.1 Å². The molecule has 2 heterocycles. The lowest BCUT2D eigenvalue weighted by molar-refractivity contribution is 0.224. The Morgan fingerprint density at radius 1 is 1.38 bits per heavy atom. The molecule has 2 N–H and O–H groups in total. The lowest BCUT2D eigenvalue weighted by Gasteiger charge is -2.19. The molecule has 1 aliphatic heterocycles. The molecular formula is C14H14ClFN4O. The van der Waals surface area contributed by atoms with Crippen molar-refractivity contribution in [3.8, 4) is 5.75 Å². The van der Waals surface area contributed by atoms with Gasteiger partial charge in [0.2, 0.25) is 0 Å². The van der Waals surface area contributed by atoms with Crippen LogP contribution in [-0.2, 0) is 0 Å². The van der Waals surface area contributed by atoms with Crippen molar-refractivity contribution in [1.29, 1.82) is 0 Å². The van der Waals surface area contributed by atoms with Crippen LogP contribution in [0.3, 0.4) is 0 Å². The van der Waals surface area contributed by atoms with E-state index in [0.717, 1.165) is 13.0 Å². The maximum Gasteiger partial charge on any atom is 0.153 e. The minimum absolute atomic E-state index is 0.0425. The van der Waals surface area contributed by atoms with Gasteiger partial charge in [0.05, 0.1) is 6.54 Å². The van der Waals surface area contributed by atoms with E-state index in [1.807, 2.05) is 4.90 Å². The quantitative estimate of drug-likeness (QED) is 0.944. The van der Waals surface area contributed by atoms with E-state index in [0.29, 0.717) is 23.1 Å². The molecule has 1 unspecified atom stereocenters. The summed E-state index contributed by atoms with van der Waals surface area (Å²) in [5.41, 5.74) is 5.68. The molecule has 1 aromatic heterocycles. The number of rotatable bonds is 3. The Balaban J connectivity index is 1.69. The molecule has 21 heavy (non-hydrogen) atoms. The number of benzene rings is 1. The third-order valence-electron chi connectivity index (χ3n) is 3.34. The largest absolute Gasteiger partial charge is 0.488 e. The monoisotopic (exact) mass is 308 g/mol. The number of nitrogens with zero attached hydrogens (tertiary/aromatic N) is 3. The molecule has 0 bridgehead atoms. The van der Waals surface area contributed by atoms with Gasteiger partial charge in [0.1, 0.15) is 34.8 Å². The Labute approximate surface area is 126 Å². The van der Waals surface area contributed by atoms with Crippen LogP contribution in [0.5, 0.6) is 5.75 Å². The molecule has 1 aliphatic rings. The highest BCUT2D eigenvalue weighted by molar-refractivity contribution is 6.35. The lowest BCUT2D eigenvalue weighted by Crippen LogP contribution is -2.25. The molecule has 1 saturated heterocycles. The van der Waals surface area contributed by atoms with Crippen LogP contribution in [0.2, 0.25) is 5.02 Å². The summed E-state index contributed by atoms with van der Waals surface area (Å²) in [5.74, 6) is 1.08. The topological polar surface area (TPSA) is 64.3 Å². The average Bonchev–Trinajstić information content (AvgIpc) is 2.90. The first-order chi connectivity index (χ1) is 10.1. The first-order valence-electron chi connectivity index (χ1n) is 6.56. The molecular weight excluding hydrogens is 295 g/mol. The zero-order valence-electron chi connectivity index (χ0n) is 11.2. The molecule has 0 spiro atoms. The molecule has 7 heteroatoms. The Morgan fingerprint density at radius 2 is 2.24 bits per heavy atom. The number of halogens is 2. The van der Waals surface area contributed by atoms with Gasteiger partial charge >= 0.3 is 0 Å². The molecule has 1 fully saturated rings. The maximum absolute atomic E-state index is 13.1. The van der Waals surface area contributed by atoms with Crippen LogP contribution in [0.1, 0.15) is 6.42 Å².